The van der Waals surface area contributed by atoms with E-state index in [9.17, 15) is 0 Å². The van der Waals surface area contributed by atoms with E-state index in [1.54, 1.807) is 0 Å². The Morgan fingerprint density at radius 1 is 0.559 bits per heavy atom. The molecule has 3 aromatic heterocycles. The average molecular weight is 438 g/mol. The molecule has 0 spiro atoms. The van der Waals surface area contributed by atoms with Crippen LogP contribution in [0.25, 0.3) is 54.7 Å². The molecular weight excluding hydrogens is 414 g/mol. The van der Waals surface area contributed by atoms with E-state index in [0.29, 0.717) is 0 Å². The fraction of sp³-hybridized carbons (Fsp3) is 0.0645. The van der Waals surface area contributed by atoms with Crippen molar-refractivity contribution in [3.63, 3.8) is 0 Å². The summed E-state index contributed by atoms with van der Waals surface area (Å²) >= 11 is 0. The molecule has 0 saturated heterocycles. The van der Waals surface area contributed by atoms with E-state index in [4.69, 9.17) is 0 Å². The number of aryl methyl sites for hydroxylation is 1. The topological polar surface area (TPSA) is 22.8 Å². The van der Waals surface area contributed by atoms with Crippen molar-refractivity contribution in [3.8, 4) is 11.1 Å². The molecule has 3 nitrogen and oxygen atoms in total. The molecule has 162 valence electrons. The van der Waals surface area contributed by atoms with E-state index in [-0.39, 0.29) is 0 Å². The quantitative estimate of drug-likeness (QED) is 0.280. The Bertz CT molecular complexity index is 1840. The van der Waals surface area contributed by atoms with Crippen molar-refractivity contribution in [3.05, 3.63) is 115 Å². The van der Waals surface area contributed by atoms with Crippen LogP contribution >= 0.6 is 0 Å². The zero-order valence-electron chi connectivity index (χ0n) is 18.9. The van der Waals surface area contributed by atoms with Gasteiger partial charge in [-0.1, -0.05) is 54.6 Å². The lowest BCUT2D eigenvalue weighted by atomic mass is 10.0. The molecule has 34 heavy (non-hydrogen) atoms. The molecule has 0 fully saturated rings. The van der Waals surface area contributed by atoms with E-state index in [1.807, 2.05) is 12.3 Å². The van der Waals surface area contributed by atoms with Crippen LogP contribution in [0.1, 0.15) is 5.69 Å². The zero-order chi connectivity index (χ0) is 22.6. The van der Waals surface area contributed by atoms with Gasteiger partial charge in [0.25, 0.3) is 0 Å². The van der Waals surface area contributed by atoms with Crippen LogP contribution in [-0.2, 0) is 13.6 Å². The van der Waals surface area contributed by atoms with E-state index >= 15 is 0 Å². The number of rotatable bonds is 3. The van der Waals surface area contributed by atoms with Gasteiger partial charge in [-0.15, -0.1) is 0 Å². The highest BCUT2D eigenvalue weighted by Crippen LogP contribution is 2.35. The van der Waals surface area contributed by atoms with Gasteiger partial charge in [-0.25, -0.2) is 0 Å². The number of benzene rings is 4. The molecule has 0 N–H and O–H groups in total. The number of nitrogens with zero attached hydrogens (tertiary/aromatic N) is 3. The molecule has 0 aliphatic carbocycles. The second-order valence-electron chi connectivity index (χ2n) is 8.96. The first-order chi connectivity index (χ1) is 16.8. The van der Waals surface area contributed by atoms with Crippen molar-refractivity contribution < 1.29 is 0 Å². The first-order valence-electron chi connectivity index (χ1n) is 11.7. The third kappa shape index (κ3) is 2.80. The molecule has 0 atom stereocenters. The van der Waals surface area contributed by atoms with Crippen molar-refractivity contribution >= 4 is 43.6 Å². The maximum absolute atomic E-state index is 4.57. The summed E-state index contributed by atoms with van der Waals surface area (Å²) in [6.07, 6.45) is 1.87. The van der Waals surface area contributed by atoms with Crippen LogP contribution in [0.5, 0.6) is 0 Å². The molecule has 3 heteroatoms. The minimum Gasteiger partial charge on any atom is -0.344 e. The molecular formula is C31H23N3. The summed E-state index contributed by atoms with van der Waals surface area (Å²) in [5.41, 5.74) is 8.55. The Morgan fingerprint density at radius 2 is 1.12 bits per heavy atom. The molecule has 0 saturated carbocycles. The van der Waals surface area contributed by atoms with E-state index in [2.05, 4.69) is 118 Å². The van der Waals surface area contributed by atoms with Gasteiger partial charge in [0.1, 0.15) is 0 Å². The van der Waals surface area contributed by atoms with Crippen molar-refractivity contribution in [2.45, 2.75) is 6.54 Å². The van der Waals surface area contributed by atoms with Gasteiger partial charge in [-0.3, -0.25) is 4.98 Å². The third-order valence-corrected chi connectivity index (χ3v) is 7.07. The van der Waals surface area contributed by atoms with Crippen LogP contribution in [0, 0.1) is 0 Å². The Labute approximate surface area is 197 Å². The molecule has 7 rings (SSSR count). The summed E-state index contributed by atoms with van der Waals surface area (Å²) in [5.74, 6) is 0. The number of hydrogen-bond donors (Lipinski definition) is 0. The van der Waals surface area contributed by atoms with Gasteiger partial charge in [0.15, 0.2) is 0 Å². The monoisotopic (exact) mass is 437 g/mol. The van der Waals surface area contributed by atoms with Crippen LogP contribution in [0.2, 0.25) is 0 Å². The van der Waals surface area contributed by atoms with Crippen LogP contribution in [-0.4, -0.2) is 14.1 Å². The molecule has 3 heterocycles. The minimum atomic E-state index is 0.756. The third-order valence-electron chi connectivity index (χ3n) is 7.07. The fourth-order valence-corrected chi connectivity index (χ4v) is 5.40. The predicted molar refractivity (Wildman–Crippen MR) is 142 cm³/mol. The zero-order valence-corrected chi connectivity index (χ0v) is 18.9. The number of aromatic nitrogens is 3. The highest BCUT2D eigenvalue weighted by atomic mass is 15.0. The SMILES string of the molecule is Cn1c2ccccc2c2cc(-c3ccc4c(c3)c3ccccc3n4Cc3ccccn3)ccc21. The lowest BCUT2D eigenvalue weighted by Crippen LogP contribution is -2.00. The number of para-hydroxylation sites is 2. The van der Waals surface area contributed by atoms with Crippen LogP contribution in [0.15, 0.2) is 109 Å². The van der Waals surface area contributed by atoms with Gasteiger partial charge in [-0.2, -0.15) is 0 Å². The Morgan fingerprint density at radius 3 is 1.85 bits per heavy atom. The molecule has 0 amide bonds. The van der Waals surface area contributed by atoms with Gasteiger partial charge < -0.3 is 9.13 Å². The first kappa shape index (κ1) is 19.1. The Balaban J connectivity index is 1.43. The lowest BCUT2D eigenvalue weighted by molar-refractivity contribution is 0.835. The summed E-state index contributed by atoms with van der Waals surface area (Å²) in [6.45, 7) is 0.756. The number of hydrogen-bond acceptors (Lipinski definition) is 1. The molecule has 4 aromatic carbocycles. The standard InChI is InChI=1S/C31H23N3/c1-33-28-11-4-2-9-24(28)26-18-21(13-15-29(26)33)22-14-16-31-27(19-22)25-10-3-5-12-30(25)34(31)20-23-8-6-7-17-32-23/h2-19H,20H2,1H3. The van der Waals surface area contributed by atoms with Gasteiger partial charge >= 0.3 is 0 Å². The van der Waals surface area contributed by atoms with Crippen molar-refractivity contribution in [1.29, 1.82) is 0 Å². The summed E-state index contributed by atoms with van der Waals surface area (Å²) in [6, 6.07) is 37.1. The predicted octanol–water partition coefficient (Wildman–Crippen LogP) is 7.55. The minimum absolute atomic E-state index is 0.756. The maximum atomic E-state index is 4.57. The molecule has 7 aromatic rings. The molecule has 0 aliphatic rings. The lowest BCUT2D eigenvalue weighted by Gasteiger charge is -2.08. The second kappa shape index (κ2) is 7.32. The van der Waals surface area contributed by atoms with Gasteiger partial charge in [0, 0.05) is 56.9 Å². The van der Waals surface area contributed by atoms with Crippen molar-refractivity contribution in [2.24, 2.45) is 7.05 Å². The van der Waals surface area contributed by atoms with Crippen molar-refractivity contribution in [2.75, 3.05) is 0 Å². The number of fused-ring (bicyclic) bond motifs is 6. The Hall–Kier alpha value is -4.37. The number of pyridine rings is 1. The summed E-state index contributed by atoms with van der Waals surface area (Å²) in [4.78, 5) is 4.57. The smallest absolute Gasteiger partial charge is 0.0654 e. The first-order valence-corrected chi connectivity index (χ1v) is 11.7. The van der Waals surface area contributed by atoms with Crippen LogP contribution in [0.3, 0.4) is 0 Å². The highest BCUT2D eigenvalue weighted by molar-refractivity contribution is 6.11. The van der Waals surface area contributed by atoms with Crippen molar-refractivity contribution in [1.82, 2.24) is 14.1 Å². The molecule has 0 radical (unpaired) electrons. The normalized spacial score (nSPS) is 11.8. The van der Waals surface area contributed by atoms with Gasteiger partial charge in [0.05, 0.1) is 12.2 Å². The van der Waals surface area contributed by atoms with E-state index < -0.39 is 0 Å². The van der Waals surface area contributed by atoms with Gasteiger partial charge in [0.2, 0.25) is 0 Å². The summed E-state index contributed by atoms with van der Waals surface area (Å²) in [5, 5.41) is 5.16. The molecule has 0 bridgehead atoms. The second-order valence-corrected chi connectivity index (χ2v) is 8.96. The maximum Gasteiger partial charge on any atom is 0.0654 e. The summed E-state index contributed by atoms with van der Waals surface area (Å²) in [7, 11) is 2.15. The van der Waals surface area contributed by atoms with E-state index in [1.165, 1.54) is 54.7 Å². The van der Waals surface area contributed by atoms with Crippen LogP contribution in [0.4, 0.5) is 0 Å². The van der Waals surface area contributed by atoms with Crippen LogP contribution < -0.4 is 0 Å². The molecule has 0 unspecified atom stereocenters. The van der Waals surface area contributed by atoms with E-state index in [0.717, 1.165) is 12.2 Å². The average Bonchev–Trinajstić information content (AvgIpc) is 3.36. The fourth-order valence-electron chi connectivity index (χ4n) is 5.40. The highest BCUT2D eigenvalue weighted by Gasteiger charge is 2.14. The largest absolute Gasteiger partial charge is 0.344 e. The summed E-state index contributed by atoms with van der Waals surface area (Å²) < 4.78 is 4.66. The molecule has 0 aliphatic heterocycles. The Kier molecular flexibility index (Phi) is 4.12. The van der Waals surface area contributed by atoms with Gasteiger partial charge in [-0.05, 0) is 59.7 Å².